The van der Waals surface area contributed by atoms with E-state index >= 15 is 0 Å². The van der Waals surface area contributed by atoms with Crippen LogP contribution in [0.4, 0.5) is 10.5 Å². The average Bonchev–Trinajstić information content (AvgIpc) is 2.70. The van der Waals surface area contributed by atoms with Gasteiger partial charge in [0.2, 0.25) is 0 Å². The maximum atomic E-state index is 13.0. The summed E-state index contributed by atoms with van der Waals surface area (Å²) in [5.41, 5.74) is 0.641. The number of hydrogen-bond acceptors (Lipinski definition) is 5. The van der Waals surface area contributed by atoms with Gasteiger partial charge in [-0.2, -0.15) is 0 Å². The van der Waals surface area contributed by atoms with Crippen LogP contribution in [0, 0.1) is 0 Å². The smallest absolute Gasteiger partial charge is 0.335 e. The fraction of sp³-hybridized carbons (Fsp3) is 0.227. The summed E-state index contributed by atoms with van der Waals surface area (Å²) in [4.78, 5) is 38.5. The molecule has 0 aliphatic carbocycles. The normalized spacial score (nSPS) is 15.4. The molecule has 0 saturated carbocycles. The average molecular weight is 429 g/mol. The van der Waals surface area contributed by atoms with Gasteiger partial charge in [-0.05, 0) is 55.3 Å². The number of rotatable bonds is 7. The second-order valence-electron chi connectivity index (χ2n) is 6.43. The number of hydrogen-bond donors (Lipinski definition) is 1. The van der Waals surface area contributed by atoms with Crippen molar-refractivity contribution in [3.05, 3.63) is 58.6 Å². The molecule has 7 nitrogen and oxygen atoms in total. The number of anilines is 1. The number of urea groups is 1. The molecule has 156 valence electrons. The molecule has 0 bridgehead atoms. The third-order valence-corrected chi connectivity index (χ3v) is 4.44. The van der Waals surface area contributed by atoms with Crippen LogP contribution in [-0.2, 0) is 9.59 Å². The van der Waals surface area contributed by atoms with E-state index in [0.717, 1.165) is 11.3 Å². The van der Waals surface area contributed by atoms with Crippen LogP contribution in [0.3, 0.4) is 0 Å². The molecule has 0 unspecified atom stereocenters. The van der Waals surface area contributed by atoms with Gasteiger partial charge in [0, 0.05) is 5.02 Å². The number of ether oxygens (including phenoxy) is 2. The van der Waals surface area contributed by atoms with Gasteiger partial charge in [0.15, 0.2) is 11.5 Å². The van der Waals surface area contributed by atoms with Crippen molar-refractivity contribution in [1.82, 2.24) is 5.32 Å². The van der Waals surface area contributed by atoms with Crippen molar-refractivity contribution >= 4 is 41.2 Å². The SMILES string of the molecule is CCCOc1ccc(/C=C2\C(=O)NC(=O)N(c3cccc(Cl)c3)C2=O)cc1OCC. The lowest BCUT2D eigenvalue weighted by atomic mass is 10.1. The van der Waals surface area contributed by atoms with Crippen LogP contribution < -0.4 is 19.7 Å². The fourth-order valence-corrected chi connectivity index (χ4v) is 3.07. The molecular weight excluding hydrogens is 408 g/mol. The van der Waals surface area contributed by atoms with Gasteiger partial charge >= 0.3 is 6.03 Å². The summed E-state index contributed by atoms with van der Waals surface area (Å²) in [7, 11) is 0. The number of imide groups is 2. The molecule has 30 heavy (non-hydrogen) atoms. The molecule has 0 aromatic heterocycles. The minimum Gasteiger partial charge on any atom is -0.490 e. The highest BCUT2D eigenvalue weighted by Gasteiger charge is 2.36. The van der Waals surface area contributed by atoms with Gasteiger partial charge in [0.1, 0.15) is 5.57 Å². The Morgan fingerprint density at radius 2 is 1.83 bits per heavy atom. The molecule has 4 amide bonds. The fourth-order valence-electron chi connectivity index (χ4n) is 2.89. The van der Waals surface area contributed by atoms with Crippen molar-refractivity contribution in [2.45, 2.75) is 20.3 Å². The molecule has 8 heteroatoms. The molecule has 1 heterocycles. The Labute approximate surface area is 179 Å². The summed E-state index contributed by atoms with van der Waals surface area (Å²) in [6, 6.07) is 10.5. The molecule has 2 aromatic rings. The van der Waals surface area contributed by atoms with E-state index < -0.39 is 17.8 Å². The number of benzene rings is 2. The van der Waals surface area contributed by atoms with E-state index in [1.807, 2.05) is 13.8 Å². The zero-order chi connectivity index (χ0) is 21.7. The number of carbonyl (C=O) groups excluding carboxylic acids is 3. The highest BCUT2D eigenvalue weighted by molar-refractivity contribution is 6.39. The molecule has 0 spiro atoms. The van der Waals surface area contributed by atoms with Gasteiger partial charge in [0.25, 0.3) is 11.8 Å². The Balaban J connectivity index is 1.96. The summed E-state index contributed by atoms with van der Waals surface area (Å²) in [6.07, 6.45) is 2.26. The lowest BCUT2D eigenvalue weighted by molar-refractivity contribution is -0.122. The summed E-state index contributed by atoms with van der Waals surface area (Å²) in [6.45, 7) is 4.82. The van der Waals surface area contributed by atoms with E-state index in [4.69, 9.17) is 21.1 Å². The molecule has 1 aliphatic rings. The molecule has 3 rings (SSSR count). The summed E-state index contributed by atoms with van der Waals surface area (Å²) in [5.74, 6) is -0.425. The van der Waals surface area contributed by atoms with Crippen LogP contribution in [0.2, 0.25) is 5.02 Å². The Kier molecular flexibility index (Phi) is 6.74. The minimum atomic E-state index is -0.831. The van der Waals surface area contributed by atoms with Crippen LogP contribution in [0.5, 0.6) is 11.5 Å². The molecule has 1 aliphatic heterocycles. The predicted octanol–water partition coefficient (Wildman–Crippen LogP) is 4.19. The molecule has 1 N–H and O–H groups in total. The van der Waals surface area contributed by atoms with Crippen molar-refractivity contribution in [2.75, 3.05) is 18.1 Å². The maximum absolute atomic E-state index is 13.0. The van der Waals surface area contributed by atoms with Gasteiger partial charge < -0.3 is 9.47 Å². The van der Waals surface area contributed by atoms with Crippen LogP contribution in [0.25, 0.3) is 6.08 Å². The number of nitrogens with zero attached hydrogens (tertiary/aromatic N) is 1. The van der Waals surface area contributed by atoms with Gasteiger partial charge in [0.05, 0.1) is 18.9 Å². The van der Waals surface area contributed by atoms with Crippen LogP contribution in [-0.4, -0.2) is 31.1 Å². The third-order valence-electron chi connectivity index (χ3n) is 4.21. The monoisotopic (exact) mass is 428 g/mol. The van der Waals surface area contributed by atoms with Gasteiger partial charge in [-0.15, -0.1) is 0 Å². The minimum absolute atomic E-state index is 0.181. The standard InChI is InChI=1S/C22H21ClN2O5/c1-3-10-30-18-9-8-14(12-19(18)29-4-2)11-17-20(26)24-22(28)25(21(17)27)16-7-5-6-15(23)13-16/h5-9,11-13H,3-4,10H2,1-2H3,(H,24,26,28)/b17-11+. The summed E-state index contributed by atoms with van der Waals surface area (Å²) in [5, 5.41) is 2.55. The van der Waals surface area contributed by atoms with Crippen LogP contribution in [0.1, 0.15) is 25.8 Å². The lowest BCUT2D eigenvalue weighted by Gasteiger charge is -2.26. The van der Waals surface area contributed by atoms with Gasteiger partial charge in [-0.25, -0.2) is 9.69 Å². The third kappa shape index (κ3) is 4.63. The molecule has 0 radical (unpaired) electrons. The number of barbiturate groups is 1. The van der Waals surface area contributed by atoms with E-state index in [1.165, 1.54) is 12.1 Å². The first-order chi connectivity index (χ1) is 14.4. The Bertz CT molecular complexity index is 1020. The highest BCUT2D eigenvalue weighted by Crippen LogP contribution is 2.30. The predicted molar refractivity (Wildman–Crippen MR) is 114 cm³/mol. The van der Waals surface area contributed by atoms with Crippen molar-refractivity contribution in [3.63, 3.8) is 0 Å². The topological polar surface area (TPSA) is 84.9 Å². The maximum Gasteiger partial charge on any atom is 0.335 e. The van der Waals surface area contributed by atoms with Crippen LogP contribution in [0.15, 0.2) is 48.0 Å². The first kappa shape index (κ1) is 21.4. The first-order valence-corrected chi connectivity index (χ1v) is 9.89. The lowest BCUT2D eigenvalue weighted by Crippen LogP contribution is -2.54. The number of carbonyl (C=O) groups is 3. The molecule has 1 saturated heterocycles. The number of amides is 4. The van der Waals surface area contributed by atoms with E-state index in [2.05, 4.69) is 5.32 Å². The van der Waals surface area contributed by atoms with Gasteiger partial charge in [-0.1, -0.05) is 30.7 Å². The van der Waals surface area contributed by atoms with Gasteiger partial charge in [-0.3, -0.25) is 14.9 Å². The molecule has 0 atom stereocenters. The second kappa shape index (κ2) is 9.45. The van der Waals surface area contributed by atoms with E-state index in [9.17, 15) is 14.4 Å². The Morgan fingerprint density at radius 1 is 1.03 bits per heavy atom. The Morgan fingerprint density at radius 3 is 2.53 bits per heavy atom. The molecule has 1 fully saturated rings. The zero-order valence-electron chi connectivity index (χ0n) is 16.6. The summed E-state index contributed by atoms with van der Waals surface area (Å²) < 4.78 is 11.3. The number of nitrogens with one attached hydrogen (secondary N) is 1. The van der Waals surface area contributed by atoms with E-state index in [-0.39, 0.29) is 11.3 Å². The Hall–Kier alpha value is -3.32. The zero-order valence-corrected chi connectivity index (χ0v) is 17.4. The quantitative estimate of drug-likeness (QED) is 0.528. The van der Waals surface area contributed by atoms with Crippen molar-refractivity contribution in [3.8, 4) is 11.5 Å². The van der Waals surface area contributed by atoms with E-state index in [0.29, 0.717) is 35.3 Å². The van der Waals surface area contributed by atoms with Crippen molar-refractivity contribution < 1.29 is 23.9 Å². The van der Waals surface area contributed by atoms with Crippen molar-refractivity contribution in [2.24, 2.45) is 0 Å². The van der Waals surface area contributed by atoms with Crippen LogP contribution >= 0.6 is 11.6 Å². The highest BCUT2D eigenvalue weighted by atomic mass is 35.5. The molecule has 2 aromatic carbocycles. The number of halogens is 1. The molecular formula is C22H21ClN2O5. The van der Waals surface area contributed by atoms with Crippen molar-refractivity contribution in [1.29, 1.82) is 0 Å². The largest absolute Gasteiger partial charge is 0.490 e. The van der Waals surface area contributed by atoms with E-state index in [1.54, 1.807) is 36.4 Å². The second-order valence-corrected chi connectivity index (χ2v) is 6.86. The first-order valence-electron chi connectivity index (χ1n) is 9.51. The summed E-state index contributed by atoms with van der Waals surface area (Å²) >= 11 is 5.98.